The van der Waals surface area contributed by atoms with Crippen molar-refractivity contribution in [2.75, 3.05) is 0 Å². The molecule has 2 unspecified atom stereocenters. The van der Waals surface area contributed by atoms with Crippen LogP contribution in [-0.4, -0.2) is 11.9 Å². The molecule has 2 atom stereocenters. The number of fused-ring (bicyclic) bond motifs is 4. The van der Waals surface area contributed by atoms with Crippen LogP contribution in [0.2, 0.25) is 0 Å². The molecule has 2 aliphatic rings. The fourth-order valence-electron chi connectivity index (χ4n) is 2.41. The third-order valence-electron chi connectivity index (χ3n) is 3.24. The summed E-state index contributed by atoms with van der Waals surface area (Å²) in [5, 5.41) is 2.31. The van der Waals surface area contributed by atoms with Crippen LogP contribution >= 0.6 is 0 Å². The summed E-state index contributed by atoms with van der Waals surface area (Å²) in [4.78, 5) is 11.8. The minimum absolute atomic E-state index is 0.0529. The van der Waals surface area contributed by atoms with Crippen molar-refractivity contribution in [1.82, 2.24) is 0 Å². The van der Waals surface area contributed by atoms with Gasteiger partial charge in [0.1, 0.15) is 6.10 Å². The Kier molecular flexibility index (Phi) is 1.16. The van der Waals surface area contributed by atoms with E-state index in [-0.39, 0.29) is 18.0 Å². The fraction of sp³-hybridized carbons (Fsp3) is 0.154. The van der Waals surface area contributed by atoms with E-state index in [9.17, 15) is 4.79 Å². The van der Waals surface area contributed by atoms with Crippen LogP contribution in [0.3, 0.4) is 0 Å². The minimum Gasteiger partial charge on any atom is -0.356 e. The molecule has 72 valence electrons. The summed E-state index contributed by atoms with van der Waals surface area (Å²) in [6, 6.07) is 12.2. The van der Waals surface area contributed by atoms with Crippen molar-refractivity contribution in [2.24, 2.45) is 0 Å². The molecule has 0 amide bonds. The van der Waals surface area contributed by atoms with Gasteiger partial charge in [-0.15, -0.1) is 0 Å². The number of carbonyl (C=O) groups excluding carboxylic acids is 1. The number of ether oxygens (including phenoxy) is 1. The van der Waals surface area contributed by atoms with E-state index in [0.717, 1.165) is 16.5 Å². The normalized spacial score (nSPS) is 26.5. The molecule has 4 rings (SSSR count). The number of Topliss-reactive ketones (excluding diaryl/α,β-unsaturated/α-hetero) is 1. The lowest BCUT2D eigenvalue weighted by molar-refractivity contribution is 0.0952. The fourth-order valence-corrected chi connectivity index (χ4v) is 2.41. The van der Waals surface area contributed by atoms with E-state index in [1.54, 1.807) is 0 Å². The van der Waals surface area contributed by atoms with Crippen LogP contribution < -0.4 is 0 Å². The van der Waals surface area contributed by atoms with Gasteiger partial charge in [0, 0.05) is 5.56 Å². The number of rotatable bonds is 0. The van der Waals surface area contributed by atoms with Crippen LogP contribution in [0.4, 0.5) is 0 Å². The van der Waals surface area contributed by atoms with E-state index in [0.29, 0.717) is 0 Å². The van der Waals surface area contributed by atoms with Crippen molar-refractivity contribution in [2.45, 2.75) is 12.2 Å². The van der Waals surface area contributed by atoms with E-state index in [1.807, 2.05) is 24.3 Å². The van der Waals surface area contributed by atoms with Gasteiger partial charge in [-0.3, -0.25) is 4.79 Å². The van der Waals surface area contributed by atoms with Crippen LogP contribution in [0.1, 0.15) is 22.0 Å². The molecule has 15 heavy (non-hydrogen) atoms. The van der Waals surface area contributed by atoms with Gasteiger partial charge in [0.2, 0.25) is 0 Å². The number of hydrogen-bond acceptors (Lipinski definition) is 2. The highest BCUT2D eigenvalue weighted by molar-refractivity contribution is 6.09. The Hall–Kier alpha value is -1.67. The second kappa shape index (κ2) is 2.28. The number of ketones is 1. The van der Waals surface area contributed by atoms with Gasteiger partial charge in [-0.05, 0) is 28.5 Å². The molecule has 0 spiro atoms. The van der Waals surface area contributed by atoms with Crippen LogP contribution in [0, 0.1) is 0 Å². The maximum atomic E-state index is 11.8. The van der Waals surface area contributed by atoms with E-state index in [1.165, 1.54) is 5.39 Å². The van der Waals surface area contributed by atoms with Gasteiger partial charge in [0.15, 0.2) is 11.9 Å². The molecule has 0 N–H and O–H groups in total. The summed E-state index contributed by atoms with van der Waals surface area (Å²) in [5.41, 5.74) is 1.93. The Morgan fingerprint density at radius 1 is 1.00 bits per heavy atom. The van der Waals surface area contributed by atoms with Gasteiger partial charge < -0.3 is 4.74 Å². The molecule has 1 aliphatic heterocycles. The second-order valence-corrected chi connectivity index (χ2v) is 4.13. The molecular weight excluding hydrogens is 188 g/mol. The zero-order valence-corrected chi connectivity index (χ0v) is 7.94. The Balaban J connectivity index is 2.10. The summed E-state index contributed by atoms with van der Waals surface area (Å²) in [6.07, 6.45) is -0.117. The van der Waals surface area contributed by atoms with Gasteiger partial charge in [-0.2, -0.15) is 0 Å². The Morgan fingerprint density at radius 2 is 1.73 bits per heavy atom. The molecule has 0 bridgehead atoms. The van der Waals surface area contributed by atoms with E-state index in [2.05, 4.69) is 12.1 Å². The van der Waals surface area contributed by atoms with E-state index >= 15 is 0 Å². The number of epoxide rings is 1. The predicted molar refractivity (Wildman–Crippen MR) is 55.9 cm³/mol. The summed E-state index contributed by atoms with van der Waals surface area (Å²) in [5.74, 6) is 0.153. The summed E-state index contributed by atoms with van der Waals surface area (Å²) < 4.78 is 5.29. The zero-order chi connectivity index (χ0) is 9.99. The van der Waals surface area contributed by atoms with Crippen molar-refractivity contribution in [3.8, 4) is 0 Å². The molecule has 0 saturated carbocycles. The lowest BCUT2D eigenvalue weighted by atomic mass is 10.0. The van der Waals surface area contributed by atoms with Crippen molar-refractivity contribution < 1.29 is 9.53 Å². The first-order valence-electron chi connectivity index (χ1n) is 5.07. The molecule has 2 nitrogen and oxygen atoms in total. The average molecular weight is 196 g/mol. The topological polar surface area (TPSA) is 29.6 Å². The highest BCUT2D eigenvalue weighted by Crippen LogP contribution is 2.49. The SMILES string of the molecule is O=C1c2cc3ccccc3cc2C2OC12. The average Bonchev–Trinajstić information content (AvgIpc) is 3.01. The maximum Gasteiger partial charge on any atom is 0.195 e. The molecule has 0 radical (unpaired) electrons. The van der Waals surface area contributed by atoms with Crippen molar-refractivity contribution in [3.63, 3.8) is 0 Å². The molecule has 2 aromatic carbocycles. The third kappa shape index (κ3) is 0.851. The summed E-state index contributed by atoms with van der Waals surface area (Å²) in [6.45, 7) is 0. The lowest BCUT2D eigenvalue weighted by Crippen LogP contribution is -2.02. The quantitative estimate of drug-likeness (QED) is 0.606. The monoisotopic (exact) mass is 196 g/mol. The number of hydrogen-bond donors (Lipinski definition) is 0. The van der Waals surface area contributed by atoms with Crippen molar-refractivity contribution >= 4 is 16.6 Å². The number of carbonyl (C=O) groups is 1. The summed E-state index contributed by atoms with van der Waals surface area (Å²) in [7, 11) is 0. The van der Waals surface area contributed by atoms with Crippen LogP contribution in [0.25, 0.3) is 10.8 Å². The standard InChI is InChI=1S/C13H8O2/c14-11-9-5-7-3-1-2-4-8(7)6-10(9)12-13(11)15-12/h1-6,12-13H. The Bertz CT molecular complexity index is 601. The van der Waals surface area contributed by atoms with E-state index < -0.39 is 0 Å². The zero-order valence-electron chi connectivity index (χ0n) is 7.94. The molecular formula is C13H8O2. The molecule has 2 aromatic rings. The Labute approximate surface area is 86.5 Å². The van der Waals surface area contributed by atoms with Gasteiger partial charge in [-0.1, -0.05) is 24.3 Å². The van der Waals surface area contributed by atoms with Crippen LogP contribution in [0.5, 0.6) is 0 Å². The highest BCUT2D eigenvalue weighted by Gasteiger charge is 2.53. The Morgan fingerprint density at radius 3 is 2.53 bits per heavy atom. The first-order valence-corrected chi connectivity index (χ1v) is 5.07. The van der Waals surface area contributed by atoms with Gasteiger partial charge in [-0.25, -0.2) is 0 Å². The molecule has 1 aliphatic carbocycles. The van der Waals surface area contributed by atoms with E-state index in [4.69, 9.17) is 4.74 Å². The first kappa shape index (κ1) is 7.60. The molecule has 0 aromatic heterocycles. The third-order valence-corrected chi connectivity index (χ3v) is 3.24. The highest BCUT2D eigenvalue weighted by atomic mass is 16.6. The second-order valence-electron chi connectivity index (χ2n) is 4.13. The van der Waals surface area contributed by atoms with Gasteiger partial charge >= 0.3 is 0 Å². The maximum absolute atomic E-state index is 11.8. The van der Waals surface area contributed by atoms with Gasteiger partial charge in [0.05, 0.1) is 0 Å². The molecule has 1 saturated heterocycles. The van der Waals surface area contributed by atoms with Crippen molar-refractivity contribution in [1.29, 1.82) is 0 Å². The minimum atomic E-state index is -0.170. The molecule has 1 heterocycles. The smallest absolute Gasteiger partial charge is 0.195 e. The van der Waals surface area contributed by atoms with Crippen LogP contribution in [-0.2, 0) is 4.74 Å². The number of benzene rings is 2. The van der Waals surface area contributed by atoms with Crippen LogP contribution in [0.15, 0.2) is 36.4 Å². The van der Waals surface area contributed by atoms with Gasteiger partial charge in [0.25, 0.3) is 0 Å². The largest absolute Gasteiger partial charge is 0.356 e. The molecule has 2 heteroatoms. The first-order chi connectivity index (χ1) is 7.34. The summed E-state index contributed by atoms with van der Waals surface area (Å²) >= 11 is 0. The predicted octanol–water partition coefficient (Wildman–Crippen LogP) is 2.48. The molecule has 1 fully saturated rings. The van der Waals surface area contributed by atoms with Crippen molar-refractivity contribution in [3.05, 3.63) is 47.5 Å². The lowest BCUT2D eigenvalue weighted by Gasteiger charge is -2.04.